The summed E-state index contributed by atoms with van der Waals surface area (Å²) in [7, 11) is 0. The van der Waals surface area contributed by atoms with E-state index in [0.717, 1.165) is 12.3 Å². The molecule has 0 bridgehead atoms. The normalized spacial score (nSPS) is 11.6. The largest absolute Gasteiger partial charge is 0.417 e. The zero-order valence-electron chi connectivity index (χ0n) is 9.21. The zero-order valence-corrected chi connectivity index (χ0v) is 9.96. The summed E-state index contributed by atoms with van der Waals surface area (Å²) in [4.78, 5) is 3.92. The fraction of sp³-hybridized carbons (Fsp3) is 0.154. The van der Waals surface area contributed by atoms with Crippen LogP contribution in [-0.2, 0) is 12.1 Å². The zero-order chi connectivity index (χ0) is 13.2. The predicted octanol–water partition coefficient (Wildman–Crippen LogP) is 4.51. The van der Waals surface area contributed by atoms with Crippen molar-refractivity contribution >= 4 is 11.6 Å². The lowest BCUT2D eigenvalue weighted by Crippen LogP contribution is -2.09. The Hall–Kier alpha value is -1.55. The number of halogens is 4. The van der Waals surface area contributed by atoms with Crippen LogP contribution in [-0.4, -0.2) is 4.98 Å². The third-order valence-electron chi connectivity index (χ3n) is 2.52. The molecule has 1 nitrogen and oxygen atoms in total. The molecule has 2 rings (SSSR count). The van der Waals surface area contributed by atoms with Gasteiger partial charge in [-0.1, -0.05) is 30.3 Å². The van der Waals surface area contributed by atoms with Crippen LogP contribution in [0.4, 0.5) is 13.2 Å². The van der Waals surface area contributed by atoms with Gasteiger partial charge in [-0.25, -0.2) is 0 Å². The lowest BCUT2D eigenvalue weighted by molar-refractivity contribution is -0.137. The van der Waals surface area contributed by atoms with E-state index in [1.54, 1.807) is 30.3 Å². The van der Waals surface area contributed by atoms with Crippen LogP contribution >= 0.6 is 11.6 Å². The van der Waals surface area contributed by atoms with Gasteiger partial charge in [-0.15, -0.1) is 11.6 Å². The van der Waals surface area contributed by atoms with Gasteiger partial charge < -0.3 is 0 Å². The highest BCUT2D eigenvalue weighted by Gasteiger charge is 2.34. The van der Waals surface area contributed by atoms with Gasteiger partial charge >= 0.3 is 6.18 Å². The standard InChI is InChI=1S/C13H9ClF3N/c14-8-11-12(9-4-2-1-3-5-9)10(6-7-18-11)13(15,16)17/h1-7H,8H2. The van der Waals surface area contributed by atoms with Gasteiger partial charge in [0.25, 0.3) is 0 Å². The van der Waals surface area contributed by atoms with E-state index in [4.69, 9.17) is 11.6 Å². The molecule has 1 aromatic heterocycles. The van der Waals surface area contributed by atoms with Gasteiger partial charge in [0.05, 0.1) is 17.1 Å². The van der Waals surface area contributed by atoms with Crippen LogP contribution in [0.25, 0.3) is 11.1 Å². The van der Waals surface area contributed by atoms with Gasteiger partial charge in [-0.2, -0.15) is 13.2 Å². The second-order valence-electron chi connectivity index (χ2n) is 3.68. The van der Waals surface area contributed by atoms with Crippen LogP contribution in [0.1, 0.15) is 11.3 Å². The summed E-state index contributed by atoms with van der Waals surface area (Å²) in [6.45, 7) is 0. The molecule has 0 unspecified atom stereocenters. The predicted molar refractivity (Wildman–Crippen MR) is 64.2 cm³/mol. The number of hydrogen-bond donors (Lipinski definition) is 0. The monoisotopic (exact) mass is 271 g/mol. The summed E-state index contributed by atoms with van der Waals surface area (Å²) >= 11 is 5.67. The van der Waals surface area contributed by atoms with Crippen LogP contribution in [0, 0.1) is 0 Å². The molecule has 1 aromatic carbocycles. The van der Waals surface area contributed by atoms with Gasteiger partial charge in [0.2, 0.25) is 0 Å². The lowest BCUT2D eigenvalue weighted by Gasteiger charge is -2.15. The molecule has 0 atom stereocenters. The molecule has 0 spiro atoms. The smallest absolute Gasteiger partial charge is 0.259 e. The van der Waals surface area contributed by atoms with E-state index in [1.165, 1.54) is 0 Å². The van der Waals surface area contributed by atoms with E-state index in [1.807, 2.05) is 0 Å². The van der Waals surface area contributed by atoms with E-state index in [-0.39, 0.29) is 17.1 Å². The van der Waals surface area contributed by atoms with Gasteiger partial charge in [0.15, 0.2) is 0 Å². The molecule has 0 aliphatic heterocycles. The maximum Gasteiger partial charge on any atom is 0.417 e. The minimum atomic E-state index is -4.42. The van der Waals surface area contributed by atoms with Crippen molar-refractivity contribution in [2.45, 2.75) is 12.1 Å². The van der Waals surface area contributed by atoms with Crippen molar-refractivity contribution in [3.8, 4) is 11.1 Å². The van der Waals surface area contributed by atoms with Crippen molar-refractivity contribution in [2.75, 3.05) is 0 Å². The van der Waals surface area contributed by atoms with Gasteiger partial charge in [-0.05, 0) is 11.6 Å². The Morgan fingerprint density at radius 3 is 2.28 bits per heavy atom. The average molecular weight is 272 g/mol. The second kappa shape index (κ2) is 4.98. The van der Waals surface area contributed by atoms with E-state index < -0.39 is 11.7 Å². The van der Waals surface area contributed by atoms with E-state index in [2.05, 4.69) is 4.98 Å². The number of aromatic nitrogens is 1. The van der Waals surface area contributed by atoms with Crippen LogP contribution in [0.2, 0.25) is 0 Å². The molecule has 18 heavy (non-hydrogen) atoms. The highest BCUT2D eigenvalue weighted by atomic mass is 35.5. The average Bonchev–Trinajstić information content (AvgIpc) is 2.38. The molecule has 0 saturated heterocycles. The molecular formula is C13H9ClF3N. The SMILES string of the molecule is FC(F)(F)c1ccnc(CCl)c1-c1ccccc1. The van der Waals surface area contributed by atoms with Crippen LogP contribution in [0.15, 0.2) is 42.6 Å². The molecule has 94 valence electrons. The quantitative estimate of drug-likeness (QED) is 0.733. The molecule has 0 fully saturated rings. The van der Waals surface area contributed by atoms with Gasteiger partial charge in [0.1, 0.15) is 0 Å². The maximum atomic E-state index is 13.0. The fourth-order valence-corrected chi connectivity index (χ4v) is 1.97. The van der Waals surface area contributed by atoms with E-state index in [0.29, 0.717) is 5.56 Å². The Morgan fingerprint density at radius 2 is 1.72 bits per heavy atom. The van der Waals surface area contributed by atoms with Crippen molar-refractivity contribution in [3.63, 3.8) is 0 Å². The van der Waals surface area contributed by atoms with Gasteiger partial charge in [0, 0.05) is 11.8 Å². The van der Waals surface area contributed by atoms with E-state index in [9.17, 15) is 13.2 Å². The summed E-state index contributed by atoms with van der Waals surface area (Å²) in [5.74, 6) is -0.0614. The molecule has 1 heterocycles. The molecule has 0 N–H and O–H groups in total. The molecule has 2 aromatic rings. The summed E-state index contributed by atoms with van der Waals surface area (Å²) in [6, 6.07) is 9.30. The Bertz CT molecular complexity index is 538. The van der Waals surface area contributed by atoms with Crippen molar-refractivity contribution in [3.05, 3.63) is 53.9 Å². The summed E-state index contributed by atoms with van der Waals surface area (Å²) in [5, 5.41) is 0. The Labute approximate surface area is 107 Å². The molecule has 0 amide bonds. The Kier molecular flexibility index (Phi) is 3.57. The number of benzene rings is 1. The van der Waals surface area contributed by atoms with Crippen molar-refractivity contribution < 1.29 is 13.2 Å². The van der Waals surface area contributed by atoms with Crippen molar-refractivity contribution in [1.29, 1.82) is 0 Å². The van der Waals surface area contributed by atoms with Crippen molar-refractivity contribution in [1.82, 2.24) is 4.98 Å². The van der Waals surface area contributed by atoms with Crippen LogP contribution in [0.5, 0.6) is 0 Å². The third-order valence-corrected chi connectivity index (χ3v) is 2.78. The molecule has 5 heteroatoms. The summed E-state index contributed by atoms with van der Waals surface area (Å²) < 4.78 is 38.9. The van der Waals surface area contributed by atoms with Crippen LogP contribution in [0.3, 0.4) is 0 Å². The number of alkyl halides is 4. The minimum absolute atomic E-state index is 0.0561. The Morgan fingerprint density at radius 1 is 1.06 bits per heavy atom. The molecule has 0 aliphatic carbocycles. The fourth-order valence-electron chi connectivity index (χ4n) is 1.77. The third kappa shape index (κ3) is 2.48. The van der Waals surface area contributed by atoms with Crippen molar-refractivity contribution in [2.24, 2.45) is 0 Å². The highest BCUT2D eigenvalue weighted by Crippen LogP contribution is 2.38. The summed E-state index contributed by atoms with van der Waals surface area (Å²) in [5.41, 5.74) is 0.0474. The first kappa shape index (κ1) is 12.9. The molecule has 0 saturated carbocycles. The maximum absolute atomic E-state index is 13.0. The summed E-state index contributed by atoms with van der Waals surface area (Å²) in [6.07, 6.45) is -3.29. The molecular weight excluding hydrogens is 263 g/mol. The topological polar surface area (TPSA) is 12.9 Å². The van der Waals surface area contributed by atoms with Gasteiger partial charge in [-0.3, -0.25) is 4.98 Å². The number of nitrogens with zero attached hydrogens (tertiary/aromatic N) is 1. The first-order valence-corrected chi connectivity index (χ1v) is 5.74. The second-order valence-corrected chi connectivity index (χ2v) is 3.94. The molecule has 0 aliphatic rings. The number of hydrogen-bond acceptors (Lipinski definition) is 1. The Balaban J connectivity index is 2.70. The minimum Gasteiger partial charge on any atom is -0.259 e. The molecule has 0 radical (unpaired) electrons. The lowest BCUT2D eigenvalue weighted by atomic mass is 9.98. The number of rotatable bonds is 2. The number of pyridine rings is 1. The van der Waals surface area contributed by atoms with Crippen LogP contribution < -0.4 is 0 Å². The highest BCUT2D eigenvalue weighted by molar-refractivity contribution is 6.17. The first-order valence-electron chi connectivity index (χ1n) is 5.20. The van der Waals surface area contributed by atoms with E-state index >= 15 is 0 Å². The first-order chi connectivity index (χ1) is 8.54.